The molecule has 0 aliphatic carbocycles. The van der Waals surface area contributed by atoms with E-state index in [1.54, 1.807) is 18.0 Å². The van der Waals surface area contributed by atoms with Crippen molar-refractivity contribution in [1.29, 1.82) is 0 Å². The first kappa shape index (κ1) is 18.4. The second kappa shape index (κ2) is 10.2. The molecule has 9 heteroatoms. The fourth-order valence-corrected chi connectivity index (χ4v) is 1.57. The number of nitrogens with one attached hydrogen (secondary N) is 1. The SMILES string of the molecule is CSCCC(N)C(=O)O.NC(Cc1c[nH]cn1)C(=O)O. The molecule has 0 saturated heterocycles. The minimum Gasteiger partial charge on any atom is -0.480 e. The van der Waals surface area contributed by atoms with Crippen molar-refractivity contribution < 1.29 is 19.8 Å². The Morgan fingerprint density at radius 2 is 1.95 bits per heavy atom. The molecule has 0 aromatic carbocycles. The van der Waals surface area contributed by atoms with Crippen molar-refractivity contribution in [3.63, 3.8) is 0 Å². The minimum absolute atomic E-state index is 0.263. The van der Waals surface area contributed by atoms with Gasteiger partial charge in [-0.1, -0.05) is 0 Å². The van der Waals surface area contributed by atoms with Gasteiger partial charge < -0.3 is 26.7 Å². The van der Waals surface area contributed by atoms with E-state index in [0.29, 0.717) is 12.1 Å². The van der Waals surface area contributed by atoms with Crippen LogP contribution in [0.1, 0.15) is 12.1 Å². The van der Waals surface area contributed by atoms with Gasteiger partial charge in [-0.05, 0) is 18.4 Å². The zero-order valence-electron chi connectivity index (χ0n) is 11.2. The number of hydrogen-bond acceptors (Lipinski definition) is 6. The molecule has 1 heterocycles. The maximum absolute atomic E-state index is 10.3. The molecule has 0 aliphatic heterocycles. The van der Waals surface area contributed by atoms with Gasteiger partial charge in [0, 0.05) is 12.6 Å². The summed E-state index contributed by atoms with van der Waals surface area (Å²) in [7, 11) is 0. The van der Waals surface area contributed by atoms with Crippen molar-refractivity contribution in [2.24, 2.45) is 11.5 Å². The maximum Gasteiger partial charge on any atom is 0.320 e. The van der Waals surface area contributed by atoms with E-state index < -0.39 is 24.0 Å². The molecule has 0 radical (unpaired) electrons. The van der Waals surface area contributed by atoms with Gasteiger partial charge in [0.15, 0.2) is 0 Å². The third kappa shape index (κ3) is 8.51. The molecule has 1 rings (SSSR count). The van der Waals surface area contributed by atoms with E-state index in [4.69, 9.17) is 21.7 Å². The minimum atomic E-state index is -1.01. The quantitative estimate of drug-likeness (QED) is 0.452. The van der Waals surface area contributed by atoms with Crippen LogP contribution in [0.25, 0.3) is 0 Å². The largest absolute Gasteiger partial charge is 0.480 e. The number of thioether (sulfide) groups is 1. The number of H-pyrrole nitrogens is 1. The van der Waals surface area contributed by atoms with Gasteiger partial charge in [0.1, 0.15) is 12.1 Å². The zero-order valence-corrected chi connectivity index (χ0v) is 12.0. The Morgan fingerprint density at radius 3 is 2.35 bits per heavy atom. The summed E-state index contributed by atoms with van der Waals surface area (Å²) in [6, 6.07) is -1.55. The number of carboxylic acid groups (broad SMARTS) is 2. The Hall–Kier alpha value is -1.58. The molecular weight excluding hydrogens is 284 g/mol. The number of imidazole rings is 1. The highest BCUT2D eigenvalue weighted by molar-refractivity contribution is 7.98. The highest BCUT2D eigenvalue weighted by Crippen LogP contribution is 1.97. The molecule has 20 heavy (non-hydrogen) atoms. The van der Waals surface area contributed by atoms with E-state index in [1.165, 1.54) is 6.33 Å². The van der Waals surface area contributed by atoms with Crippen molar-refractivity contribution in [3.8, 4) is 0 Å². The Labute approximate surface area is 120 Å². The van der Waals surface area contributed by atoms with E-state index >= 15 is 0 Å². The van der Waals surface area contributed by atoms with Crippen LogP contribution in [0.15, 0.2) is 12.5 Å². The number of aromatic nitrogens is 2. The zero-order chi connectivity index (χ0) is 15.5. The lowest BCUT2D eigenvalue weighted by atomic mass is 10.2. The second-order valence-electron chi connectivity index (χ2n) is 3.94. The van der Waals surface area contributed by atoms with Gasteiger partial charge in [-0.2, -0.15) is 11.8 Å². The fraction of sp³-hybridized carbons (Fsp3) is 0.545. The molecule has 1 aromatic heterocycles. The summed E-state index contributed by atoms with van der Waals surface area (Å²) in [5.74, 6) is -1.11. The normalized spacial score (nSPS) is 12.9. The lowest BCUT2D eigenvalue weighted by Gasteiger charge is -2.02. The molecule has 114 valence electrons. The summed E-state index contributed by atoms with van der Waals surface area (Å²) >= 11 is 1.60. The molecular formula is C11H20N4O4S. The highest BCUT2D eigenvalue weighted by Gasteiger charge is 2.12. The average molecular weight is 304 g/mol. The van der Waals surface area contributed by atoms with Crippen LogP contribution in [-0.4, -0.2) is 56.2 Å². The lowest BCUT2D eigenvalue weighted by molar-refractivity contribution is -0.139. The summed E-state index contributed by atoms with van der Waals surface area (Å²) in [5.41, 5.74) is 11.1. The van der Waals surface area contributed by atoms with Gasteiger partial charge in [-0.15, -0.1) is 0 Å². The van der Waals surface area contributed by atoms with Gasteiger partial charge in [-0.25, -0.2) is 4.98 Å². The molecule has 0 spiro atoms. The van der Waals surface area contributed by atoms with E-state index in [1.807, 2.05) is 6.26 Å². The Balaban J connectivity index is 0.000000370. The lowest BCUT2D eigenvalue weighted by Crippen LogP contribution is -2.32. The van der Waals surface area contributed by atoms with Crippen molar-refractivity contribution in [2.45, 2.75) is 24.9 Å². The van der Waals surface area contributed by atoms with Crippen molar-refractivity contribution in [3.05, 3.63) is 18.2 Å². The van der Waals surface area contributed by atoms with E-state index in [9.17, 15) is 9.59 Å². The molecule has 0 bridgehead atoms. The number of aromatic amines is 1. The Kier molecular flexibility index (Phi) is 9.43. The van der Waals surface area contributed by atoms with Crippen LogP contribution in [0.4, 0.5) is 0 Å². The van der Waals surface area contributed by atoms with Crippen molar-refractivity contribution >= 4 is 23.7 Å². The van der Waals surface area contributed by atoms with Crippen LogP contribution >= 0.6 is 11.8 Å². The predicted molar refractivity (Wildman–Crippen MR) is 76.5 cm³/mol. The maximum atomic E-state index is 10.3. The number of carboxylic acids is 2. The molecule has 7 N–H and O–H groups in total. The van der Waals surface area contributed by atoms with Gasteiger partial charge in [0.05, 0.1) is 12.0 Å². The number of nitrogens with zero attached hydrogens (tertiary/aromatic N) is 1. The van der Waals surface area contributed by atoms with Gasteiger partial charge in [0.25, 0.3) is 0 Å². The number of aliphatic carboxylic acids is 2. The summed E-state index contributed by atoms with van der Waals surface area (Å²) in [5, 5.41) is 16.7. The third-order valence-electron chi connectivity index (χ3n) is 2.25. The monoisotopic (exact) mass is 304 g/mol. The average Bonchev–Trinajstić information content (AvgIpc) is 2.89. The van der Waals surface area contributed by atoms with Crippen LogP contribution in [0.3, 0.4) is 0 Å². The second-order valence-corrected chi connectivity index (χ2v) is 4.92. The van der Waals surface area contributed by atoms with Crippen LogP contribution < -0.4 is 11.5 Å². The highest BCUT2D eigenvalue weighted by atomic mass is 32.2. The third-order valence-corrected chi connectivity index (χ3v) is 2.90. The van der Waals surface area contributed by atoms with Gasteiger partial charge in [-0.3, -0.25) is 9.59 Å². The van der Waals surface area contributed by atoms with Crippen LogP contribution in [-0.2, 0) is 16.0 Å². The standard InChI is InChI=1S/C6H9N3O2.C5H11NO2S/c7-5(6(10)11)1-4-2-8-3-9-4;1-9-3-2-4(6)5(7)8/h2-3,5H,1,7H2,(H,8,9)(H,10,11);4H,2-3,6H2,1H3,(H,7,8). The van der Waals surface area contributed by atoms with Gasteiger partial charge >= 0.3 is 11.9 Å². The first-order valence-corrected chi connectivity index (χ1v) is 7.21. The smallest absolute Gasteiger partial charge is 0.320 e. The van der Waals surface area contributed by atoms with Crippen LogP contribution in [0.5, 0.6) is 0 Å². The summed E-state index contributed by atoms with van der Waals surface area (Å²) in [6.45, 7) is 0. The number of nitrogens with two attached hydrogens (primary N) is 2. The molecule has 0 amide bonds. The predicted octanol–water partition coefficient (Wildman–Crippen LogP) is -0.484. The van der Waals surface area contributed by atoms with Crippen molar-refractivity contribution in [1.82, 2.24) is 9.97 Å². The Bertz CT molecular complexity index is 399. The molecule has 8 nitrogen and oxygen atoms in total. The molecule has 2 unspecified atom stereocenters. The Morgan fingerprint density at radius 1 is 1.35 bits per heavy atom. The first-order valence-electron chi connectivity index (χ1n) is 5.81. The van der Waals surface area contributed by atoms with Gasteiger partial charge in [0.2, 0.25) is 0 Å². The topological polar surface area (TPSA) is 155 Å². The number of rotatable bonds is 7. The summed E-state index contributed by atoms with van der Waals surface area (Å²) in [6.07, 6.45) is 5.86. The van der Waals surface area contributed by atoms with Crippen molar-refractivity contribution in [2.75, 3.05) is 12.0 Å². The number of hydrogen-bond donors (Lipinski definition) is 5. The van der Waals surface area contributed by atoms with Crippen LogP contribution in [0.2, 0.25) is 0 Å². The molecule has 2 atom stereocenters. The summed E-state index contributed by atoms with van der Waals surface area (Å²) < 4.78 is 0. The number of carbonyl (C=O) groups is 2. The van der Waals surface area contributed by atoms with E-state index in [0.717, 1.165) is 5.75 Å². The van der Waals surface area contributed by atoms with Crippen LogP contribution in [0, 0.1) is 0 Å². The van der Waals surface area contributed by atoms with E-state index in [2.05, 4.69) is 9.97 Å². The molecule has 0 saturated carbocycles. The van der Waals surface area contributed by atoms with E-state index in [-0.39, 0.29) is 6.42 Å². The molecule has 0 aliphatic rings. The molecule has 1 aromatic rings. The molecule has 0 fully saturated rings. The fourth-order valence-electron chi connectivity index (χ4n) is 1.08. The first-order chi connectivity index (χ1) is 9.38. The summed E-state index contributed by atoms with van der Waals surface area (Å²) in [4.78, 5) is 26.9.